The van der Waals surface area contributed by atoms with Crippen LogP contribution >= 0.6 is 0 Å². The largest absolute Gasteiger partial charge is 0.496 e. The topological polar surface area (TPSA) is 213 Å². The number of nitrogens with one attached hydrogen (secondary N) is 2. The number of rotatable bonds is 19. The number of nitrogens with zero attached hydrogens (tertiary/aromatic N) is 4. The molecule has 3 aromatic rings. The number of unbranched alkanes of at least 4 members (excludes halogenated alkanes) is 1. The van der Waals surface area contributed by atoms with Crippen LogP contribution in [0.3, 0.4) is 0 Å². The third-order valence-corrected chi connectivity index (χ3v) is 25.2. The molecule has 0 radical (unpaired) electrons. The zero-order chi connectivity index (χ0) is 57.1. The van der Waals surface area contributed by atoms with Crippen LogP contribution in [0.15, 0.2) is 60.7 Å². The number of aromatic nitrogens is 1. The third-order valence-electron chi connectivity index (χ3n) is 20.7. The fraction of sp³-hybridized carbons (Fsp3) is 0.629. The lowest BCUT2D eigenvalue weighted by Gasteiger charge is -2.65. The van der Waals surface area contributed by atoms with E-state index < -0.39 is 59.8 Å². The van der Waals surface area contributed by atoms with Crippen LogP contribution in [0.1, 0.15) is 107 Å². The number of hydrogen-bond acceptors (Lipinski definition) is 15. The van der Waals surface area contributed by atoms with Crippen molar-refractivity contribution in [3.63, 3.8) is 0 Å². The molecule has 3 saturated heterocycles. The monoisotopic (exact) mass is 1130 g/mol. The lowest BCUT2D eigenvalue weighted by molar-refractivity contribution is -0.214. The predicted molar refractivity (Wildman–Crippen MR) is 307 cm³/mol. The van der Waals surface area contributed by atoms with Crippen molar-refractivity contribution in [1.82, 2.24) is 25.0 Å². The number of likely N-dealkylation sites (N-methyl/N-ethyl adjacent to an activating group) is 1. The molecule has 8 heterocycles. The van der Waals surface area contributed by atoms with Crippen LogP contribution in [0.2, 0.25) is 18.1 Å². The number of amides is 3. The summed E-state index contributed by atoms with van der Waals surface area (Å²) in [6.07, 6.45) is 13.9. The average molecular weight is 1130 g/mol. The van der Waals surface area contributed by atoms with Gasteiger partial charge in [0.1, 0.15) is 11.2 Å². The Bertz CT molecular complexity index is 2980. The van der Waals surface area contributed by atoms with Gasteiger partial charge in [0.25, 0.3) is 11.8 Å². The van der Waals surface area contributed by atoms with Crippen molar-refractivity contribution < 1.29 is 57.6 Å². The molecule has 8 aliphatic rings. The molecule has 1 unspecified atom stereocenters. The summed E-state index contributed by atoms with van der Waals surface area (Å²) < 4.78 is 32.0. The number of aromatic amines is 1. The lowest BCUT2D eigenvalue weighted by atomic mass is 9.47. The number of hydrogen-bond donors (Lipinski definition) is 4. The number of carbonyl (C=O) groups excluding carboxylic acids is 5. The van der Waals surface area contributed by atoms with Crippen LogP contribution in [0.25, 0.3) is 10.9 Å². The summed E-state index contributed by atoms with van der Waals surface area (Å²) in [6.45, 7) is 8.42. The molecule has 1 saturated carbocycles. The first-order valence-corrected chi connectivity index (χ1v) is 32.4. The summed E-state index contributed by atoms with van der Waals surface area (Å²) in [4.78, 5) is 79.9. The van der Waals surface area contributed by atoms with E-state index in [2.05, 4.69) is 62.3 Å². The Morgan fingerprint density at radius 3 is 2.38 bits per heavy atom. The zero-order valence-electron chi connectivity index (χ0n) is 48.3. The Balaban J connectivity index is 0.960. The quantitative estimate of drug-likeness (QED) is 0.0367. The highest BCUT2D eigenvalue weighted by atomic mass is 28.4. The van der Waals surface area contributed by atoms with Crippen LogP contribution < -0.4 is 15.0 Å². The second-order valence-corrected chi connectivity index (χ2v) is 28.9. The number of benzene rings is 2. The minimum Gasteiger partial charge on any atom is -0.496 e. The molecule has 2 aromatic carbocycles. The summed E-state index contributed by atoms with van der Waals surface area (Å²) in [5.41, 5.74) is -1.23. The van der Waals surface area contributed by atoms with Crippen LogP contribution in [-0.2, 0) is 59.9 Å². The highest BCUT2D eigenvalue weighted by molar-refractivity contribution is 6.74. The van der Waals surface area contributed by atoms with Crippen molar-refractivity contribution in [3.05, 3.63) is 83.1 Å². The molecule has 1 aromatic heterocycles. The maximum atomic E-state index is 15.7. The van der Waals surface area contributed by atoms with E-state index in [1.165, 1.54) is 26.4 Å². The molecular formula is C62H84N6O12Si. The fourth-order valence-electron chi connectivity index (χ4n) is 17.2. The Hall–Kier alpha value is -5.41. The summed E-state index contributed by atoms with van der Waals surface area (Å²) in [5, 5.41) is 30.5. The number of fused-ring (bicyclic) bond motifs is 6. The molecule has 4 fully saturated rings. The highest BCUT2D eigenvalue weighted by Gasteiger charge is 2.80. The predicted octanol–water partition coefficient (Wildman–Crippen LogP) is 5.80. The number of para-hydroxylation sites is 1. The van der Waals surface area contributed by atoms with Gasteiger partial charge in [0.05, 0.1) is 58.8 Å². The van der Waals surface area contributed by atoms with Gasteiger partial charge < -0.3 is 48.8 Å². The van der Waals surface area contributed by atoms with Crippen molar-refractivity contribution in [2.45, 2.75) is 149 Å². The number of esters is 2. The van der Waals surface area contributed by atoms with Gasteiger partial charge >= 0.3 is 11.9 Å². The number of methoxy groups -OCH3 is 3. The first-order valence-electron chi connectivity index (χ1n) is 29.9. The molecule has 81 heavy (non-hydrogen) atoms. The molecule has 2 bridgehead atoms. The van der Waals surface area contributed by atoms with Gasteiger partial charge in [-0.2, -0.15) is 0 Å². The molecule has 10 atom stereocenters. The van der Waals surface area contributed by atoms with E-state index >= 15 is 9.59 Å². The molecule has 1 spiro atoms. The summed E-state index contributed by atoms with van der Waals surface area (Å²) in [6, 6.07) is 13.8. The van der Waals surface area contributed by atoms with Gasteiger partial charge in [-0.05, 0) is 98.8 Å². The maximum Gasteiger partial charge on any atom is 0.342 e. The molecule has 19 heteroatoms. The molecule has 11 rings (SSSR count). The third kappa shape index (κ3) is 9.30. The van der Waals surface area contributed by atoms with E-state index in [-0.39, 0.29) is 49.4 Å². The van der Waals surface area contributed by atoms with E-state index in [9.17, 15) is 24.6 Å². The van der Waals surface area contributed by atoms with Gasteiger partial charge in [-0.15, -0.1) is 0 Å². The van der Waals surface area contributed by atoms with E-state index in [1.54, 1.807) is 7.11 Å². The second-order valence-electron chi connectivity index (χ2n) is 24.8. The summed E-state index contributed by atoms with van der Waals surface area (Å²) in [7, 11) is 3.66. The van der Waals surface area contributed by atoms with Crippen molar-refractivity contribution in [2.75, 3.05) is 92.3 Å². The van der Waals surface area contributed by atoms with Crippen LogP contribution in [0, 0.1) is 11.3 Å². The van der Waals surface area contributed by atoms with Crippen LogP contribution in [0.5, 0.6) is 5.75 Å². The minimum absolute atomic E-state index is 0.0903. The summed E-state index contributed by atoms with van der Waals surface area (Å²) in [5.74, 6) is -1.59. The number of ether oxygens (including phenoxy) is 4. The van der Waals surface area contributed by atoms with Crippen molar-refractivity contribution >= 4 is 54.6 Å². The van der Waals surface area contributed by atoms with Gasteiger partial charge in [-0.1, -0.05) is 69.9 Å². The van der Waals surface area contributed by atoms with Gasteiger partial charge in [0.15, 0.2) is 8.32 Å². The first kappa shape index (κ1) is 57.4. The number of H-pyrrole nitrogens is 1. The number of imide groups is 1. The summed E-state index contributed by atoms with van der Waals surface area (Å²) >= 11 is 0. The van der Waals surface area contributed by atoms with Gasteiger partial charge in [-0.3, -0.25) is 33.9 Å². The fourth-order valence-corrected chi connectivity index (χ4v) is 21.9. The van der Waals surface area contributed by atoms with Crippen LogP contribution in [-0.4, -0.2) is 185 Å². The smallest absolute Gasteiger partial charge is 0.342 e. The maximum absolute atomic E-state index is 15.7. The van der Waals surface area contributed by atoms with E-state index in [4.69, 9.17) is 23.4 Å². The average Bonchev–Trinajstić information content (AvgIpc) is 2.11. The zero-order valence-corrected chi connectivity index (χ0v) is 49.3. The molecule has 1 aliphatic carbocycles. The minimum atomic E-state index is -2.76. The van der Waals surface area contributed by atoms with Crippen molar-refractivity contribution in [1.29, 1.82) is 0 Å². The van der Waals surface area contributed by atoms with Gasteiger partial charge in [-0.25, -0.2) is 4.79 Å². The standard InChI is InChI=1S/C62H84N6O12Si/c1-7-58(74)37-41-38-61(56(72)77-5,52-43(22-27-66(39-41)40-58)42-17-10-11-18-46(42)64-52)45-35-44-47(36-48(45)76-4)65(3)54-60(44)24-28-67-26-16-23-59(8-2,53(60)67)55(62(54,75)57(73)78-6)80-81(32-13-9-14-33-81)34-15-12-19-49(69)63-25-30-79-31-29-68-50(70)20-21-51(68)71/h10-11,16-18,20-21,23,35-36,41,53-55,64,74-75H,7-9,12-15,19,22,24-34,37-40H2,1-6H3,(H,63,69)/t41-,53+,54-,55-,58+,59-,60-,61+,62+/m1/s1. The molecule has 7 aliphatic heterocycles. The van der Waals surface area contributed by atoms with Gasteiger partial charge in [0.2, 0.25) is 11.5 Å². The number of carbonyl (C=O) groups is 5. The number of piperidine rings is 1. The number of anilines is 1. The van der Waals surface area contributed by atoms with Crippen molar-refractivity contribution in [3.8, 4) is 5.75 Å². The van der Waals surface area contributed by atoms with E-state index in [1.807, 2.05) is 32.2 Å². The molecular weight excluding hydrogens is 1050 g/mol. The van der Waals surface area contributed by atoms with E-state index in [0.717, 1.165) is 82.1 Å². The second kappa shape index (κ2) is 22.3. The number of aliphatic hydroxyl groups is 2. The van der Waals surface area contributed by atoms with Crippen LogP contribution in [0.4, 0.5) is 5.69 Å². The molecule has 3 amide bonds. The Labute approximate surface area is 477 Å². The first-order chi connectivity index (χ1) is 39.0. The van der Waals surface area contributed by atoms with E-state index in [0.29, 0.717) is 102 Å². The molecule has 438 valence electrons. The lowest BCUT2D eigenvalue weighted by Crippen LogP contribution is -2.82. The Morgan fingerprint density at radius 1 is 0.889 bits per heavy atom. The Kier molecular flexibility index (Phi) is 15.8. The SMILES string of the molecule is CC[C@]1(O)C[C@H]2CN(CCc3c([nH]c4ccccc34)[C@@](C(=O)OC)(c3cc4c(cc3OC)N(C)[C@H]3[C@@](O)(C(=O)OC)[C@H](O[Si]5(CCCCC(=O)NCCOCCN6C(=O)C=CC6=O)CCCCC5)[C@]5(CC)C=CCN6CC[C@]43[C@@H]65)C2)C1. The molecule has 4 N–H and O–H groups in total. The molecule has 18 nitrogen and oxygen atoms in total. The van der Waals surface area contributed by atoms with Gasteiger partial charge in [0, 0.05) is 109 Å². The normalized spacial score (nSPS) is 32.8. The van der Waals surface area contributed by atoms with Crippen molar-refractivity contribution in [2.24, 2.45) is 11.3 Å². The highest BCUT2D eigenvalue weighted by Crippen LogP contribution is 2.69. The Morgan fingerprint density at radius 2 is 1.65 bits per heavy atom.